The van der Waals surface area contributed by atoms with Gasteiger partial charge in [-0.05, 0) is 62.6 Å². The van der Waals surface area contributed by atoms with Crippen molar-refractivity contribution in [2.75, 3.05) is 5.32 Å². The molecule has 3 heteroatoms. The molecule has 106 valence electrons. The average Bonchev–Trinajstić information content (AvgIpc) is 2.32. The van der Waals surface area contributed by atoms with Crippen LogP contribution in [0.15, 0.2) is 30.3 Å². The molecule has 1 unspecified atom stereocenters. The molecule has 0 fully saturated rings. The van der Waals surface area contributed by atoms with E-state index in [1.54, 1.807) is 0 Å². The fraction of sp³-hybridized carbons (Fsp3) is 0.294. The van der Waals surface area contributed by atoms with Crippen molar-refractivity contribution in [3.05, 3.63) is 64.2 Å². The molecule has 0 bridgehead atoms. The molecule has 0 saturated heterocycles. The van der Waals surface area contributed by atoms with Gasteiger partial charge < -0.3 is 5.32 Å². The van der Waals surface area contributed by atoms with Gasteiger partial charge in [0.05, 0.1) is 5.69 Å². The smallest absolute Gasteiger partial charge is 0.146 e. The Bertz CT molecular complexity index is 612. The van der Waals surface area contributed by atoms with Crippen LogP contribution in [-0.4, -0.2) is 0 Å². The van der Waals surface area contributed by atoms with Crippen LogP contribution in [0.4, 0.5) is 14.5 Å². The Kier molecular flexibility index (Phi) is 4.07. The molecule has 0 aliphatic heterocycles. The highest BCUT2D eigenvalue weighted by atomic mass is 19.1. The van der Waals surface area contributed by atoms with Crippen molar-refractivity contribution in [3.8, 4) is 0 Å². The Morgan fingerprint density at radius 2 is 1.55 bits per heavy atom. The molecular weight excluding hydrogens is 256 g/mol. The molecule has 0 aliphatic carbocycles. The molecule has 20 heavy (non-hydrogen) atoms. The molecule has 0 amide bonds. The highest BCUT2D eigenvalue weighted by molar-refractivity contribution is 5.49. The first-order valence-electron chi connectivity index (χ1n) is 6.68. The summed E-state index contributed by atoms with van der Waals surface area (Å²) < 4.78 is 26.9. The molecule has 2 aromatic carbocycles. The molecule has 2 aromatic rings. The zero-order chi connectivity index (χ0) is 14.9. The van der Waals surface area contributed by atoms with Gasteiger partial charge in [0.25, 0.3) is 0 Å². The fourth-order valence-corrected chi connectivity index (χ4v) is 2.79. The summed E-state index contributed by atoms with van der Waals surface area (Å²) in [5, 5.41) is 3.05. The highest BCUT2D eigenvalue weighted by Crippen LogP contribution is 2.27. The van der Waals surface area contributed by atoms with Crippen LogP contribution in [0.3, 0.4) is 0 Å². The Morgan fingerprint density at radius 3 is 2.15 bits per heavy atom. The Morgan fingerprint density at radius 1 is 0.950 bits per heavy atom. The number of hydrogen-bond acceptors (Lipinski definition) is 1. The van der Waals surface area contributed by atoms with E-state index in [1.807, 2.05) is 27.7 Å². The summed E-state index contributed by atoms with van der Waals surface area (Å²) in [7, 11) is 0. The topological polar surface area (TPSA) is 12.0 Å². The Balaban J connectivity index is 2.33. The van der Waals surface area contributed by atoms with E-state index in [1.165, 1.54) is 11.6 Å². The summed E-state index contributed by atoms with van der Waals surface area (Å²) in [6, 6.07) is 7.55. The fourth-order valence-electron chi connectivity index (χ4n) is 2.79. The van der Waals surface area contributed by atoms with E-state index in [4.69, 9.17) is 0 Å². The minimum Gasteiger partial charge on any atom is -0.376 e. The lowest BCUT2D eigenvalue weighted by molar-refractivity contribution is 0.600. The van der Waals surface area contributed by atoms with Crippen molar-refractivity contribution in [2.24, 2.45) is 0 Å². The van der Waals surface area contributed by atoms with E-state index in [2.05, 4.69) is 17.4 Å². The maximum Gasteiger partial charge on any atom is 0.146 e. The standard InChI is InChI=1S/C17H19F2N/c1-10-7-11(2)17(12(3)8-10)13(4)20-16-9-14(18)5-6-15(16)19/h5-9,13,20H,1-4H3. The number of benzene rings is 2. The molecule has 1 nitrogen and oxygen atoms in total. The van der Waals surface area contributed by atoms with Gasteiger partial charge >= 0.3 is 0 Å². The van der Waals surface area contributed by atoms with Crippen LogP contribution < -0.4 is 5.32 Å². The Hall–Kier alpha value is -1.90. The first-order valence-corrected chi connectivity index (χ1v) is 6.68. The van der Waals surface area contributed by atoms with Gasteiger partial charge in [0, 0.05) is 6.04 Å². The minimum absolute atomic E-state index is 0.0908. The molecule has 0 aromatic heterocycles. The third-order valence-electron chi connectivity index (χ3n) is 3.47. The zero-order valence-corrected chi connectivity index (χ0v) is 12.2. The lowest BCUT2D eigenvalue weighted by Crippen LogP contribution is -2.11. The summed E-state index contributed by atoms with van der Waals surface area (Å²) in [5.74, 6) is -0.890. The maximum atomic E-state index is 13.7. The molecule has 0 heterocycles. The van der Waals surface area contributed by atoms with Crippen LogP contribution in [0.5, 0.6) is 0 Å². The third kappa shape index (κ3) is 2.98. The van der Waals surface area contributed by atoms with Crippen LogP contribution >= 0.6 is 0 Å². The normalized spacial score (nSPS) is 12.3. The van der Waals surface area contributed by atoms with E-state index >= 15 is 0 Å². The van der Waals surface area contributed by atoms with E-state index in [0.717, 1.165) is 28.8 Å². The summed E-state index contributed by atoms with van der Waals surface area (Å²) in [5.41, 5.74) is 4.82. The van der Waals surface area contributed by atoms with E-state index in [-0.39, 0.29) is 11.7 Å². The van der Waals surface area contributed by atoms with Crippen molar-refractivity contribution in [2.45, 2.75) is 33.7 Å². The van der Waals surface area contributed by atoms with Crippen molar-refractivity contribution in [1.82, 2.24) is 0 Å². The van der Waals surface area contributed by atoms with Crippen LogP contribution in [0.2, 0.25) is 0 Å². The second-order valence-electron chi connectivity index (χ2n) is 5.30. The minimum atomic E-state index is -0.446. The predicted octanol–water partition coefficient (Wildman–Crippen LogP) is 5.06. The van der Waals surface area contributed by atoms with E-state index in [9.17, 15) is 8.78 Å². The molecule has 2 rings (SSSR count). The number of halogens is 2. The average molecular weight is 275 g/mol. The summed E-state index contributed by atoms with van der Waals surface area (Å²) in [4.78, 5) is 0. The highest BCUT2D eigenvalue weighted by Gasteiger charge is 2.14. The van der Waals surface area contributed by atoms with Gasteiger partial charge in [-0.1, -0.05) is 17.7 Å². The summed E-state index contributed by atoms with van der Waals surface area (Å²) >= 11 is 0. The van der Waals surface area contributed by atoms with Crippen LogP contribution in [-0.2, 0) is 0 Å². The van der Waals surface area contributed by atoms with Crippen LogP contribution in [0, 0.1) is 32.4 Å². The second-order valence-corrected chi connectivity index (χ2v) is 5.30. The van der Waals surface area contributed by atoms with Crippen molar-refractivity contribution in [3.63, 3.8) is 0 Å². The third-order valence-corrected chi connectivity index (χ3v) is 3.47. The molecule has 0 radical (unpaired) electrons. The molecule has 0 spiro atoms. The monoisotopic (exact) mass is 275 g/mol. The van der Waals surface area contributed by atoms with E-state index < -0.39 is 11.6 Å². The number of nitrogens with one attached hydrogen (secondary N) is 1. The van der Waals surface area contributed by atoms with Gasteiger partial charge in [0.1, 0.15) is 11.6 Å². The van der Waals surface area contributed by atoms with Gasteiger partial charge in [-0.25, -0.2) is 8.78 Å². The SMILES string of the molecule is Cc1cc(C)c(C(C)Nc2cc(F)ccc2F)c(C)c1. The summed E-state index contributed by atoms with van der Waals surface area (Å²) in [6.45, 7) is 8.08. The zero-order valence-electron chi connectivity index (χ0n) is 12.2. The maximum absolute atomic E-state index is 13.7. The van der Waals surface area contributed by atoms with E-state index in [0.29, 0.717) is 0 Å². The van der Waals surface area contributed by atoms with Crippen LogP contribution in [0.25, 0.3) is 0 Å². The van der Waals surface area contributed by atoms with Gasteiger partial charge in [0.15, 0.2) is 0 Å². The van der Waals surface area contributed by atoms with Crippen molar-refractivity contribution < 1.29 is 8.78 Å². The Labute approximate surface area is 118 Å². The molecule has 0 aliphatic rings. The van der Waals surface area contributed by atoms with Crippen molar-refractivity contribution in [1.29, 1.82) is 0 Å². The van der Waals surface area contributed by atoms with Gasteiger partial charge in [-0.2, -0.15) is 0 Å². The first-order chi connectivity index (χ1) is 9.38. The predicted molar refractivity (Wildman–Crippen MR) is 79.0 cm³/mol. The molecule has 1 atom stereocenters. The van der Waals surface area contributed by atoms with Gasteiger partial charge in [-0.3, -0.25) is 0 Å². The first kappa shape index (κ1) is 14.5. The largest absolute Gasteiger partial charge is 0.376 e. The lowest BCUT2D eigenvalue weighted by Gasteiger charge is -2.21. The second kappa shape index (κ2) is 5.61. The molecular formula is C17H19F2N. The lowest BCUT2D eigenvalue weighted by atomic mass is 9.95. The number of hydrogen-bond donors (Lipinski definition) is 1. The number of rotatable bonds is 3. The number of aryl methyl sites for hydroxylation is 3. The number of anilines is 1. The molecule has 0 saturated carbocycles. The van der Waals surface area contributed by atoms with Crippen molar-refractivity contribution >= 4 is 5.69 Å². The molecule has 1 N–H and O–H groups in total. The van der Waals surface area contributed by atoms with Gasteiger partial charge in [-0.15, -0.1) is 0 Å². The quantitative estimate of drug-likeness (QED) is 0.825. The van der Waals surface area contributed by atoms with Crippen LogP contribution in [0.1, 0.15) is 35.2 Å². The summed E-state index contributed by atoms with van der Waals surface area (Å²) in [6.07, 6.45) is 0. The van der Waals surface area contributed by atoms with Gasteiger partial charge in [0.2, 0.25) is 0 Å².